The van der Waals surface area contributed by atoms with Crippen molar-refractivity contribution < 1.29 is 23.4 Å². The Morgan fingerprint density at radius 2 is 1.76 bits per heavy atom. The first-order chi connectivity index (χ1) is 11.9. The van der Waals surface area contributed by atoms with Crippen molar-refractivity contribution in [1.82, 2.24) is 5.32 Å². The van der Waals surface area contributed by atoms with Gasteiger partial charge in [-0.2, -0.15) is 0 Å². The molecule has 0 fully saturated rings. The lowest BCUT2D eigenvalue weighted by molar-refractivity contribution is 0.0939. The van der Waals surface area contributed by atoms with Crippen molar-refractivity contribution in [2.45, 2.75) is 13.0 Å². The van der Waals surface area contributed by atoms with Crippen LogP contribution >= 0.6 is 11.6 Å². The third kappa shape index (κ3) is 4.14. The Morgan fingerprint density at radius 1 is 1.08 bits per heavy atom. The van der Waals surface area contributed by atoms with Gasteiger partial charge >= 0.3 is 0 Å². The van der Waals surface area contributed by atoms with Crippen LogP contribution in [0.5, 0.6) is 17.2 Å². The molecule has 134 valence electrons. The molecule has 0 aliphatic rings. The van der Waals surface area contributed by atoms with E-state index >= 15 is 0 Å². The molecule has 0 aromatic heterocycles. The molecule has 0 unspecified atom stereocenters. The lowest BCUT2D eigenvalue weighted by Crippen LogP contribution is -2.26. The third-order valence-corrected chi connectivity index (χ3v) is 4.00. The lowest BCUT2D eigenvalue weighted by Gasteiger charge is -2.16. The summed E-state index contributed by atoms with van der Waals surface area (Å²) in [5.74, 6) is -0.00919. The fourth-order valence-corrected chi connectivity index (χ4v) is 2.65. The predicted octanol–water partition coefficient (Wildman–Crippen LogP) is 4.00. The van der Waals surface area contributed by atoms with Crippen LogP contribution in [-0.2, 0) is 0 Å². The minimum atomic E-state index is -0.490. The van der Waals surface area contributed by atoms with Crippen molar-refractivity contribution in [1.29, 1.82) is 0 Å². The Bertz CT molecular complexity index is 782. The van der Waals surface area contributed by atoms with Crippen molar-refractivity contribution in [3.8, 4) is 17.2 Å². The molecule has 0 aliphatic heterocycles. The first-order valence-corrected chi connectivity index (χ1v) is 7.84. The van der Waals surface area contributed by atoms with E-state index in [1.165, 1.54) is 45.6 Å². The zero-order valence-corrected chi connectivity index (χ0v) is 15.1. The van der Waals surface area contributed by atoms with Crippen molar-refractivity contribution in [2.75, 3.05) is 21.3 Å². The molecule has 5 nitrogen and oxygen atoms in total. The fourth-order valence-electron chi connectivity index (χ4n) is 2.36. The molecule has 2 aromatic rings. The number of hydrogen-bond acceptors (Lipinski definition) is 4. The number of benzene rings is 2. The summed E-state index contributed by atoms with van der Waals surface area (Å²) in [5.41, 5.74) is 0.918. The number of methoxy groups -OCH3 is 3. The third-order valence-electron chi connectivity index (χ3n) is 3.72. The lowest BCUT2D eigenvalue weighted by atomic mass is 10.1. The second-order valence-electron chi connectivity index (χ2n) is 5.28. The summed E-state index contributed by atoms with van der Waals surface area (Å²) in [6.07, 6.45) is 0. The molecule has 2 rings (SSSR count). The van der Waals surface area contributed by atoms with Crippen LogP contribution in [0.15, 0.2) is 30.3 Å². The smallest absolute Gasteiger partial charge is 0.251 e. The van der Waals surface area contributed by atoms with E-state index in [-0.39, 0.29) is 16.7 Å². The number of ether oxygens (including phenoxy) is 3. The second-order valence-corrected chi connectivity index (χ2v) is 5.69. The zero-order valence-electron chi connectivity index (χ0n) is 14.4. The predicted molar refractivity (Wildman–Crippen MR) is 93.4 cm³/mol. The zero-order chi connectivity index (χ0) is 18.6. The standard InChI is InChI=1S/C18H19ClFNO4/c1-10(11-5-6-15(23-2)14(20)8-11)21-18(22)12-7-13(19)17(25-4)16(9-12)24-3/h5-10H,1-4H3,(H,21,22)/t10-/m0/s1. The Kier molecular flexibility index (Phi) is 6.09. The van der Waals surface area contributed by atoms with E-state index < -0.39 is 11.9 Å². The van der Waals surface area contributed by atoms with Crippen LogP contribution in [0.1, 0.15) is 28.9 Å². The molecule has 0 spiro atoms. The number of amides is 1. The largest absolute Gasteiger partial charge is 0.494 e. The number of hydrogen-bond donors (Lipinski definition) is 1. The maximum absolute atomic E-state index is 13.8. The average molecular weight is 368 g/mol. The van der Waals surface area contributed by atoms with Crippen LogP contribution in [0, 0.1) is 5.82 Å². The van der Waals surface area contributed by atoms with Gasteiger partial charge in [-0.1, -0.05) is 17.7 Å². The first-order valence-electron chi connectivity index (χ1n) is 7.47. The average Bonchev–Trinajstić information content (AvgIpc) is 2.60. The van der Waals surface area contributed by atoms with E-state index in [4.69, 9.17) is 25.8 Å². The highest BCUT2D eigenvalue weighted by Crippen LogP contribution is 2.36. The van der Waals surface area contributed by atoms with Gasteiger partial charge in [0, 0.05) is 5.56 Å². The molecule has 1 atom stereocenters. The van der Waals surface area contributed by atoms with Crippen LogP contribution in [0.3, 0.4) is 0 Å². The summed E-state index contributed by atoms with van der Waals surface area (Å²) in [5, 5.41) is 3.05. The van der Waals surface area contributed by atoms with E-state index in [9.17, 15) is 9.18 Å². The Labute approximate surface area is 150 Å². The van der Waals surface area contributed by atoms with Gasteiger partial charge in [-0.3, -0.25) is 4.79 Å². The van der Waals surface area contributed by atoms with E-state index in [1.54, 1.807) is 13.0 Å². The van der Waals surface area contributed by atoms with Gasteiger partial charge in [0.1, 0.15) is 0 Å². The summed E-state index contributed by atoms with van der Waals surface area (Å²) < 4.78 is 29.0. The SMILES string of the molecule is COc1ccc([C@H](C)NC(=O)c2cc(Cl)c(OC)c(OC)c2)cc1F. The second kappa shape index (κ2) is 8.07. The van der Waals surface area contributed by atoms with Crippen molar-refractivity contribution in [3.05, 3.63) is 52.3 Å². The van der Waals surface area contributed by atoms with Gasteiger partial charge in [0.15, 0.2) is 23.1 Å². The summed E-state index contributed by atoms with van der Waals surface area (Å²) in [4.78, 5) is 12.5. The summed E-state index contributed by atoms with van der Waals surface area (Å²) in [7, 11) is 4.31. The molecule has 0 saturated carbocycles. The topological polar surface area (TPSA) is 56.8 Å². The fraction of sp³-hybridized carbons (Fsp3) is 0.278. The molecule has 0 radical (unpaired) electrons. The van der Waals surface area contributed by atoms with Gasteiger partial charge in [0.2, 0.25) is 0 Å². The maximum atomic E-state index is 13.8. The van der Waals surface area contributed by atoms with Gasteiger partial charge in [-0.15, -0.1) is 0 Å². The van der Waals surface area contributed by atoms with Gasteiger partial charge in [-0.05, 0) is 36.8 Å². The molecule has 0 aliphatic carbocycles. The Morgan fingerprint density at radius 3 is 2.32 bits per heavy atom. The van der Waals surface area contributed by atoms with Crippen LogP contribution in [0.4, 0.5) is 4.39 Å². The molecular weight excluding hydrogens is 349 g/mol. The van der Waals surface area contributed by atoms with Crippen molar-refractivity contribution in [3.63, 3.8) is 0 Å². The summed E-state index contributed by atoms with van der Waals surface area (Å²) in [6, 6.07) is 7.13. The van der Waals surface area contributed by atoms with Crippen LogP contribution in [0.25, 0.3) is 0 Å². The molecule has 0 saturated heterocycles. The van der Waals surface area contributed by atoms with E-state index in [0.29, 0.717) is 22.6 Å². The van der Waals surface area contributed by atoms with Crippen molar-refractivity contribution >= 4 is 17.5 Å². The van der Waals surface area contributed by atoms with Gasteiger partial charge in [-0.25, -0.2) is 4.39 Å². The maximum Gasteiger partial charge on any atom is 0.251 e. The van der Waals surface area contributed by atoms with Crippen molar-refractivity contribution in [2.24, 2.45) is 0 Å². The van der Waals surface area contributed by atoms with Gasteiger partial charge in [0.25, 0.3) is 5.91 Å². The molecule has 0 bridgehead atoms. The van der Waals surface area contributed by atoms with E-state index in [0.717, 1.165) is 0 Å². The molecule has 7 heteroatoms. The van der Waals surface area contributed by atoms with E-state index in [1.807, 2.05) is 0 Å². The normalized spacial score (nSPS) is 11.6. The van der Waals surface area contributed by atoms with Crippen LogP contribution in [-0.4, -0.2) is 27.2 Å². The van der Waals surface area contributed by atoms with Gasteiger partial charge in [0.05, 0.1) is 32.4 Å². The minimum Gasteiger partial charge on any atom is -0.494 e. The van der Waals surface area contributed by atoms with Crippen LogP contribution in [0.2, 0.25) is 5.02 Å². The van der Waals surface area contributed by atoms with Gasteiger partial charge < -0.3 is 19.5 Å². The summed E-state index contributed by atoms with van der Waals surface area (Å²) >= 11 is 6.12. The van der Waals surface area contributed by atoms with E-state index in [2.05, 4.69) is 5.32 Å². The number of nitrogens with one attached hydrogen (secondary N) is 1. The molecule has 1 N–H and O–H groups in total. The molecular formula is C18H19ClFNO4. The monoisotopic (exact) mass is 367 g/mol. The Hall–Kier alpha value is -2.47. The highest BCUT2D eigenvalue weighted by Gasteiger charge is 2.18. The minimum absolute atomic E-state index is 0.147. The summed E-state index contributed by atoms with van der Waals surface area (Å²) in [6.45, 7) is 1.75. The number of carbonyl (C=O) groups is 1. The number of carbonyl (C=O) groups excluding carboxylic acids is 1. The molecule has 1 amide bonds. The Balaban J connectivity index is 2.21. The highest BCUT2D eigenvalue weighted by atomic mass is 35.5. The molecule has 25 heavy (non-hydrogen) atoms. The number of halogens is 2. The first kappa shape index (κ1) is 18.9. The van der Waals surface area contributed by atoms with Crippen LogP contribution < -0.4 is 19.5 Å². The molecule has 0 heterocycles. The number of rotatable bonds is 6. The molecule has 2 aromatic carbocycles. The quantitative estimate of drug-likeness (QED) is 0.838. The highest BCUT2D eigenvalue weighted by molar-refractivity contribution is 6.32.